The maximum atomic E-state index is 12.8. The van der Waals surface area contributed by atoms with Gasteiger partial charge in [0.15, 0.2) is 0 Å². The van der Waals surface area contributed by atoms with Crippen LogP contribution in [0.5, 0.6) is 0 Å². The predicted molar refractivity (Wildman–Crippen MR) is 120 cm³/mol. The molecule has 10 nitrogen and oxygen atoms in total. The predicted octanol–water partition coefficient (Wildman–Crippen LogP) is 1.35. The summed E-state index contributed by atoms with van der Waals surface area (Å²) in [6.07, 6.45) is -0.0369. The molecule has 0 saturated carbocycles. The van der Waals surface area contributed by atoms with E-state index in [2.05, 4.69) is 10.6 Å². The Labute approximate surface area is 191 Å². The van der Waals surface area contributed by atoms with Crippen LogP contribution >= 0.6 is 0 Å². The van der Waals surface area contributed by atoms with Gasteiger partial charge in [0, 0.05) is 6.42 Å². The molecule has 10 heteroatoms. The van der Waals surface area contributed by atoms with Crippen LogP contribution in [0.2, 0.25) is 0 Å². The van der Waals surface area contributed by atoms with Gasteiger partial charge in [-0.3, -0.25) is 14.4 Å². The summed E-state index contributed by atoms with van der Waals surface area (Å²) in [5, 5.41) is 14.4. The number of rotatable bonds is 12. The van der Waals surface area contributed by atoms with Gasteiger partial charge in [-0.05, 0) is 60.3 Å². The summed E-state index contributed by atoms with van der Waals surface area (Å²) in [5.41, 5.74) is 4.70. The molecule has 5 N–H and O–H groups in total. The quantitative estimate of drug-likeness (QED) is 0.319. The van der Waals surface area contributed by atoms with Crippen LogP contribution in [0.15, 0.2) is 0 Å². The monoisotopic (exact) mass is 459 g/mol. The Morgan fingerprint density at radius 2 is 1.44 bits per heavy atom. The topological polar surface area (TPSA) is 157 Å². The molecule has 186 valence electrons. The summed E-state index contributed by atoms with van der Waals surface area (Å²) < 4.78 is 10.7. The van der Waals surface area contributed by atoms with E-state index in [-0.39, 0.29) is 31.8 Å². The molecule has 0 heterocycles. The van der Waals surface area contributed by atoms with Gasteiger partial charge in [-0.2, -0.15) is 0 Å². The Balaban J connectivity index is 5.09. The molecular weight excluding hydrogens is 418 g/mol. The van der Waals surface area contributed by atoms with E-state index in [1.165, 1.54) is 0 Å². The summed E-state index contributed by atoms with van der Waals surface area (Å²) in [7, 11) is 0. The van der Waals surface area contributed by atoms with Crippen LogP contribution in [0.3, 0.4) is 0 Å². The largest absolute Gasteiger partial charge is 0.480 e. The Morgan fingerprint density at radius 1 is 0.906 bits per heavy atom. The molecule has 32 heavy (non-hydrogen) atoms. The van der Waals surface area contributed by atoms with Gasteiger partial charge in [-0.25, -0.2) is 4.79 Å². The average Bonchev–Trinajstić information content (AvgIpc) is 2.59. The van der Waals surface area contributed by atoms with Gasteiger partial charge in [-0.15, -0.1) is 0 Å². The number of nitrogens with one attached hydrogen (secondary N) is 2. The van der Waals surface area contributed by atoms with E-state index in [0.717, 1.165) is 0 Å². The number of carbonyl (C=O) groups is 4. The number of carbonyl (C=O) groups excluding carboxylic acids is 3. The minimum atomic E-state index is -1.31. The number of hydrogen-bond acceptors (Lipinski definition) is 7. The second-order valence-corrected chi connectivity index (χ2v) is 10.2. The minimum Gasteiger partial charge on any atom is -0.480 e. The molecule has 0 aliphatic rings. The van der Waals surface area contributed by atoms with E-state index < -0.39 is 53.1 Å². The minimum absolute atomic E-state index is 0.0288. The number of amides is 2. The van der Waals surface area contributed by atoms with Crippen molar-refractivity contribution in [3.05, 3.63) is 0 Å². The van der Waals surface area contributed by atoms with Crippen molar-refractivity contribution in [1.29, 1.82) is 0 Å². The molecule has 0 aromatic heterocycles. The van der Waals surface area contributed by atoms with E-state index in [0.29, 0.717) is 0 Å². The Morgan fingerprint density at radius 3 is 1.88 bits per heavy atom. The Bertz CT molecular complexity index is 651. The van der Waals surface area contributed by atoms with Gasteiger partial charge >= 0.3 is 11.9 Å². The van der Waals surface area contributed by atoms with Crippen molar-refractivity contribution in [2.24, 2.45) is 11.7 Å². The van der Waals surface area contributed by atoms with Crippen LogP contribution in [0.25, 0.3) is 0 Å². The fraction of sp³-hybridized carbons (Fsp3) is 0.818. The number of esters is 1. The van der Waals surface area contributed by atoms with Crippen LogP contribution in [-0.2, 0) is 28.7 Å². The summed E-state index contributed by atoms with van der Waals surface area (Å²) in [6.45, 7) is 14.3. The molecule has 0 spiro atoms. The maximum absolute atomic E-state index is 12.8. The lowest BCUT2D eigenvalue weighted by Gasteiger charge is -2.26. The number of carboxylic acids is 1. The third kappa shape index (κ3) is 14.0. The second-order valence-electron chi connectivity index (χ2n) is 10.2. The van der Waals surface area contributed by atoms with Crippen LogP contribution in [0.1, 0.15) is 74.7 Å². The fourth-order valence-electron chi connectivity index (χ4n) is 2.58. The molecule has 0 aromatic carbocycles. The SMILES string of the molecule is CC(C)C[C@H](NC(=O)[C@@H](N)COC(C)(C)C)C(=O)N[C@@H](CCC(=O)OC(C)(C)C)C(=O)O. The molecule has 0 aliphatic heterocycles. The van der Waals surface area contributed by atoms with Crippen molar-refractivity contribution in [2.75, 3.05) is 6.61 Å². The molecule has 0 aromatic rings. The highest BCUT2D eigenvalue weighted by atomic mass is 16.6. The standard InChI is InChI=1S/C22H41N3O7/c1-13(2)11-16(25-18(27)14(23)12-31-21(3,4)5)19(28)24-15(20(29)30)9-10-17(26)32-22(6,7)8/h13-16H,9-12,23H2,1-8H3,(H,24,28)(H,25,27)(H,29,30)/t14-,15-,16-/m0/s1. The van der Waals surface area contributed by atoms with Gasteiger partial charge in [0.25, 0.3) is 0 Å². The summed E-state index contributed by atoms with van der Waals surface area (Å²) in [5.74, 6) is -3.04. The number of nitrogens with two attached hydrogens (primary N) is 1. The van der Waals surface area contributed by atoms with Crippen molar-refractivity contribution in [2.45, 2.75) is 104 Å². The van der Waals surface area contributed by atoms with E-state index in [9.17, 15) is 24.3 Å². The van der Waals surface area contributed by atoms with Gasteiger partial charge in [0.1, 0.15) is 23.7 Å². The summed E-state index contributed by atoms with van der Waals surface area (Å²) in [6, 6.07) is -3.27. The first-order valence-electron chi connectivity index (χ1n) is 10.9. The molecular formula is C22H41N3O7. The molecule has 0 unspecified atom stereocenters. The van der Waals surface area contributed by atoms with Crippen LogP contribution in [0, 0.1) is 5.92 Å². The lowest BCUT2D eigenvalue weighted by molar-refractivity contribution is -0.155. The number of aliphatic carboxylic acids is 1. The Kier molecular flexibility index (Phi) is 11.9. The zero-order valence-electron chi connectivity index (χ0n) is 20.6. The zero-order valence-corrected chi connectivity index (χ0v) is 20.6. The van der Waals surface area contributed by atoms with Crippen molar-refractivity contribution < 1.29 is 33.8 Å². The molecule has 0 fully saturated rings. The first-order chi connectivity index (χ1) is 14.4. The van der Waals surface area contributed by atoms with Crippen molar-refractivity contribution in [3.8, 4) is 0 Å². The first-order valence-corrected chi connectivity index (χ1v) is 10.9. The zero-order chi connectivity index (χ0) is 25.3. The van der Waals surface area contributed by atoms with Crippen LogP contribution in [0.4, 0.5) is 0 Å². The highest BCUT2D eigenvalue weighted by molar-refractivity contribution is 5.91. The molecule has 0 rings (SSSR count). The second kappa shape index (κ2) is 12.7. The third-order valence-corrected chi connectivity index (χ3v) is 4.04. The van der Waals surface area contributed by atoms with Crippen molar-refractivity contribution >= 4 is 23.8 Å². The highest BCUT2D eigenvalue weighted by Crippen LogP contribution is 2.12. The first kappa shape index (κ1) is 29.8. The lowest BCUT2D eigenvalue weighted by atomic mass is 10.0. The van der Waals surface area contributed by atoms with Gasteiger partial charge < -0.3 is 30.9 Å². The molecule has 0 saturated heterocycles. The summed E-state index contributed by atoms with van der Waals surface area (Å²) in [4.78, 5) is 48.7. The number of hydrogen-bond donors (Lipinski definition) is 4. The van der Waals surface area contributed by atoms with Crippen molar-refractivity contribution in [3.63, 3.8) is 0 Å². The third-order valence-electron chi connectivity index (χ3n) is 4.04. The fourth-order valence-corrected chi connectivity index (χ4v) is 2.58. The normalized spacial score (nSPS) is 14.9. The Hall–Kier alpha value is -2.20. The van der Waals surface area contributed by atoms with E-state index in [1.807, 2.05) is 34.6 Å². The molecule has 0 aliphatic carbocycles. The van der Waals surface area contributed by atoms with E-state index in [1.54, 1.807) is 20.8 Å². The number of ether oxygens (including phenoxy) is 2. The molecule has 0 bridgehead atoms. The van der Waals surface area contributed by atoms with Crippen LogP contribution < -0.4 is 16.4 Å². The number of carboxylic acid groups (broad SMARTS) is 1. The van der Waals surface area contributed by atoms with Gasteiger partial charge in [0.2, 0.25) is 11.8 Å². The van der Waals surface area contributed by atoms with E-state index in [4.69, 9.17) is 15.2 Å². The van der Waals surface area contributed by atoms with Gasteiger partial charge in [0.05, 0.1) is 12.2 Å². The highest BCUT2D eigenvalue weighted by Gasteiger charge is 2.29. The van der Waals surface area contributed by atoms with Crippen LogP contribution in [-0.4, -0.2) is 64.8 Å². The van der Waals surface area contributed by atoms with Gasteiger partial charge in [-0.1, -0.05) is 13.8 Å². The molecule has 2 amide bonds. The smallest absolute Gasteiger partial charge is 0.326 e. The van der Waals surface area contributed by atoms with E-state index >= 15 is 0 Å². The average molecular weight is 460 g/mol. The molecule has 0 radical (unpaired) electrons. The lowest BCUT2D eigenvalue weighted by Crippen LogP contribution is -2.55. The maximum Gasteiger partial charge on any atom is 0.326 e. The van der Waals surface area contributed by atoms with Crippen molar-refractivity contribution in [1.82, 2.24) is 10.6 Å². The molecule has 3 atom stereocenters. The summed E-state index contributed by atoms with van der Waals surface area (Å²) >= 11 is 0.